The van der Waals surface area contributed by atoms with E-state index in [1.807, 2.05) is 42.5 Å². The normalized spacial score (nSPS) is 21.5. The summed E-state index contributed by atoms with van der Waals surface area (Å²) < 4.78 is 0. The first kappa shape index (κ1) is 12.7. The summed E-state index contributed by atoms with van der Waals surface area (Å²) >= 11 is 1.75. The van der Waals surface area contributed by atoms with Gasteiger partial charge in [0, 0.05) is 17.9 Å². The molecule has 0 unspecified atom stereocenters. The van der Waals surface area contributed by atoms with Crippen molar-refractivity contribution in [3.05, 3.63) is 48.0 Å². The van der Waals surface area contributed by atoms with Crippen LogP contribution in [-0.4, -0.2) is 22.4 Å². The fraction of sp³-hybridized carbons (Fsp3) is 0.312. The predicted octanol–water partition coefficient (Wildman–Crippen LogP) is 3.20. The van der Waals surface area contributed by atoms with Gasteiger partial charge in [0.1, 0.15) is 5.78 Å². The van der Waals surface area contributed by atoms with E-state index < -0.39 is 6.10 Å². The highest BCUT2D eigenvalue weighted by molar-refractivity contribution is 7.99. The van der Waals surface area contributed by atoms with Crippen molar-refractivity contribution >= 4 is 28.3 Å². The molecule has 3 heteroatoms. The molecule has 1 heterocycles. The van der Waals surface area contributed by atoms with E-state index in [9.17, 15) is 9.90 Å². The van der Waals surface area contributed by atoms with Gasteiger partial charge in [0.15, 0.2) is 0 Å². The third-order valence-corrected chi connectivity index (χ3v) is 4.81. The average molecular weight is 272 g/mol. The zero-order valence-corrected chi connectivity index (χ0v) is 11.4. The lowest BCUT2D eigenvalue weighted by Gasteiger charge is -2.26. The number of aliphatic hydroxyl groups excluding tert-OH is 1. The number of aliphatic hydroxyl groups is 1. The molecule has 1 N–H and O–H groups in total. The van der Waals surface area contributed by atoms with Crippen LogP contribution >= 0.6 is 11.8 Å². The molecule has 0 spiro atoms. The zero-order chi connectivity index (χ0) is 13.2. The maximum Gasteiger partial charge on any atom is 0.140 e. The van der Waals surface area contributed by atoms with Crippen molar-refractivity contribution in [1.82, 2.24) is 0 Å². The van der Waals surface area contributed by atoms with Gasteiger partial charge in [-0.2, -0.15) is 11.8 Å². The molecule has 1 saturated heterocycles. The number of hydrogen-bond donors (Lipinski definition) is 1. The monoisotopic (exact) mass is 272 g/mol. The molecular formula is C16H16O2S. The Kier molecular flexibility index (Phi) is 3.58. The molecule has 1 aliphatic rings. The molecule has 1 aliphatic heterocycles. The van der Waals surface area contributed by atoms with Gasteiger partial charge in [-0.3, -0.25) is 4.79 Å². The number of benzene rings is 2. The SMILES string of the molecule is O=C1CCSC[C@H]1[C@@H](O)c1cccc2ccccc12. The molecule has 2 aromatic rings. The molecule has 98 valence electrons. The second kappa shape index (κ2) is 5.35. The number of Topliss-reactive ketones (excluding diaryl/α,β-unsaturated/α-hetero) is 1. The molecule has 0 saturated carbocycles. The van der Waals surface area contributed by atoms with Crippen molar-refractivity contribution in [1.29, 1.82) is 0 Å². The highest BCUT2D eigenvalue weighted by Crippen LogP contribution is 2.34. The first-order chi connectivity index (χ1) is 9.27. The Morgan fingerprint density at radius 2 is 1.95 bits per heavy atom. The van der Waals surface area contributed by atoms with Gasteiger partial charge in [-0.25, -0.2) is 0 Å². The van der Waals surface area contributed by atoms with E-state index in [2.05, 4.69) is 0 Å². The summed E-state index contributed by atoms with van der Waals surface area (Å²) in [6.45, 7) is 0. The summed E-state index contributed by atoms with van der Waals surface area (Å²) in [6, 6.07) is 13.9. The maximum absolute atomic E-state index is 12.0. The highest BCUT2D eigenvalue weighted by Gasteiger charge is 2.31. The summed E-state index contributed by atoms with van der Waals surface area (Å²) in [4.78, 5) is 12.0. The highest BCUT2D eigenvalue weighted by atomic mass is 32.2. The van der Waals surface area contributed by atoms with Gasteiger partial charge >= 0.3 is 0 Å². The Hall–Kier alpha value is -1.32. The van der Waals surface area contributed by atoms with Crippen LogP contribution < -0.4 is 0 Å². The van der Waals surface area contributed by atoms with Crippen LogP contribution in [0, 0.1) is 5.92 Å². The third-order valence-electron chi connectivity index (χ3n) is 3.73. The van der Waals surface area contributed by atoms with E-state index in [-0.39, 0.29) is 11.7 Å². The second-order valence-corrected chi connectivity index (χ2v) is 6.06. The standard InChI is InChI=1S/C16H16O2S/c17-15-8-9-19-10-14(15)16(18)13-7-3-5-11-4-1-2-6-12(11)13/h1-7,14,16,18H,8-10H2/t14-,16+/m1/s1. The number of rotatable bonds is 2. The van der Waals surface area contributed by atoms with Crippen molar-refractivity contribution in [2.75, 3.05) is 11.5 Å². The van der Waals surface area contributed by atoms with E-state index in [4.69, 9.17) is 0 Å². The van der Waals surface area contributed by atoms with Gasteiger partial charge in [0.05, 0.1) is 12.0 Å². The number of carbonyl (C=O) groups is 1. The molecule has 1 fully saturated rings. The third kappa shape index (κ3) is 2.40. The van der Waals surface area contributed by atoms with Gasteiger partial charge in [0.2, 0.25) is 0 Å². The fourth-order valence-electron chi connectivity index (χ4n) is 2.65. The largest absolute Gasteiger partial charge is 0.388 e. The predicted molar refractivity (Wildman–Crippen MR) is 79.3 cm³/mol. The lowest BCUT2D eigenvalue weighted by atomic mass is 9.89. The summed E-state index contributed by atoms with van der Waals surface area (Å²) in [5, 5.41) is 12.7. The molecule has 3 rings (SSSR count). The van der Waals surface area contributed by atoms with Crippen LogP contribution in [0.5, 0.6) is 0 Å². The smallest absolute Gasteiger partial charge is 0.140 e. The molecule has 0 bridgehead atoms. The van der Waals surface area contributed by atoms with Gasteiger partial charge in [0.25, 0.3) is 0 Å². The van der Waals surface area contributed by atoms with Crippen LogP contribution in [0.25, 0.3) is 10.8 Å². The number of thioether (sulfide) groups is 1. The van der Waals surface area contributed by atoms with Crippen LogP contribution in [0.2, 0.25) is 0 Å². The van der Waals surface area contributed by atoms with Gasteiger partial charge in [-0.05, 0) is 16.3 Å². The minimum Gasteiger partial charge on any atom is -0.388 e. The second-order valence-electron chi connectivity index (χ2n) is 4.91. The summed E-state index contributed by atoms with van der Waals surface area (Å²) in [6.07, 6.45) is -0.108. The molecule has 0 aromatic heterocycles. The van der Waals surface area contributed by atoms with E-state index in [1.54, 1.807) is 11.8 Å². The molecule has 0 aliphatic carbocycles. The minimum absolute atomic E-state index is 0.194. The van der Waals surface area contributed by atoms with Crippen LogP contribution in [0.3, 0.4) is 0 Å². The van der Waals surface area contributed by atoms with Crippen molar-refractivity contribution in [2.45, 2.75) is 12.5 Å². The number of ketones is 1. The van der Waals surface area contributed by atoms with E-state index in [0.717, 1.165) is 27.8 Å². The van der Waals surface area contributed by atoms with Crippen LogP contribution in [0.1, 0.15) is 18.1 Å². The first-order valence-electron chi connectivity index (χ1n) is 6.53. The summed E-state index contributed by atoms with van der Waals surface area (Å²) in [7, 11) is 0. The van der Waals surface area contributed by atoms with Crippen LogP contribution in [0.4, 0.5) is 0 Å². The van der Waals surface area contributed by atoms with E-state index >= 15 is 0 Å². The van der Waals surface area contributed by atoms with Crippen molar-refractivity contribution < 1.29 is 9.90 Å². The average Bonchev–Trinajstić information content (AvgIpc) is 2.46. The van der Waals surface area contributed by atoms with Crippen molar-refractivity contribution in [3.63, 3.8) is 0 Å². The Morgan fingerprint density at radius 3 is 2.79 bits per heavy atom. The van der Waals surface area contributed by atoms with Crippen molar-refractivity contribution in [2.24, 2.45) is 5.92 Å². The first-order valence-corrected chi connectivity index (χ1v) is 7.69. The maximum atomic E-state index is 12.0. The Bertz CT molecular complexity index is 603. The molecule has 19 heavy (non-hydrogen) atoms. The van der Waals surface area contributed by atoms with E-state index in [0.29, 0.717) is 6.42 Å². The molecule has 0 amide bonds. The summed E-state index contributed by atoms with van der Waals surface area (Å²) in [5.41, 5.74) is 0.874. The molecule has 2 nitrogen and oxygen atoms in total. The minimum atomic E-state index is -0.689. The van der Waals surface area contributed by atoms with Crippen LogP contribution in [0.15, 0.2) is 42.5 Å². The lowest BCUT2D eigenvalue weighted by molar-refractivity contribution is -0.125. The summed E-state index contributed by atoms with van der Waals surface area (Å²) in [5.74, 6) is 1.55. The van der Waals surface area contributed by atoms with Crippen LogP contribution in [-0.2, 0) is 4.79 Å². The van der Waals surface area contributed by atoms with Gasteiger partial charge in [-0.1, -0.05) is 42.5 Å². The Labute approximate surface area is 116 Å². The van der Waals surface area contributed by atoms with Gasteiger partial charge < -0.3 is 5.11 Å². The molecule has 0 radical (unpaired) electrons. The Morgan fingerprint density at radius 1 is 1.16 bits per heavy atom. The molecule has 2 aromatic carbocycles. The fourth-order valence-corrected chi connectivity index (χ4v) is 3.79. The van der Waals surface area contributed by atoms with Crippen molar-refractivity contribution in [3.8, 4) is 0 Å². The van der Waals surface area contributed by atoms with E-state index in [1.165, 1.54) is 0 Å². The topological polar surface area (TPSA) is 37.3 Å². The van der Waals surface area contributed by atoms with Gasteiger partial charge in [-0.15, -0.1) is 0 Å². The number of hydrogen-bond acceptors (Lipinski definition) is 3. The quantitative estimate of drug-likeness (QED) is 0.912. The molecular weight excluding hydrogens is 256 g/mol. The number of carbonyl (C=O) groups excluding carboxylic acids is 1. The Balaban J connectivity index is 2.01. The lowest BCUT2D eigenvalue weighted by Crippen LogP contribution is -2.28. The zero-order valence-electron chi connectivity index (χ0n) is 10.6. The number of fused-ring (bicyclic) bond motifs is 1. The molecule has 2 atom stereocenters.